The summed E-state index contributed by atoms with van der Waals surface area (Å²) in [4.78, 5) is 23.6. The van der Waals surface area contributed by atoms with Gasteiger partial charge in [0.2, 0.25) is 0 Å². The van der Waals surface area contributed by atoms with Crippen LogP contribution in [0.15, 0.2) is 70.2 Å². The Morgan fingerprint density at radius 2 is 1.80 bits per heavy atom. The van der Waals surface area contributed by atoms with E-state index in [0.29, 0.717) is 32.1 Å². The van der Waals surface area contributed by atoms with Crippen LogP contribution in [0.3, 0.4) is 0 Å². The number of ether oxygens (including phenoxy) is 3. The van der Waals surface area contributed by atoms with Gasteiger partial charge >= 0.3 is 11.9 Å². The van der Waals surface area contributed by atoms with Gasteiger partial charge in [-0.05, 0) is 110 Å². The molecule has 11 heteroatoms. The quantitative estimate of drug-likeness (QED) is 0.124. The maximum atomic E-state index is 12.5. The van der Waals surface area contributed by atoms with Gasteiger partial charge in [0, 0.05) is 17.1 Å². The Labute approximate surface area is 244 Å². The highest BCUT2D eigenvalue weighted by molar-refractivity contribution is 14.1. The summed E-state index contributed by atoms with van der Waals surface area (Å²) in [5, 5.41) is 13.1. The molecule has 4 rings (SSSR count). The molecule has 1 amide bonds. The zero-order valence-electron chi connectivity index (χ0n) is 22.3. The number of carbonyl (C=O) groups excluding carboxylic acids is 1. The molecule has 0 aliphatic rings. The molecule has 208 valence electrons. The highest BCUT2D eigenvalue weighted by atomic mass is 127. The molecule has 2 aromatic heterocycles. The topological polar surface area (TPSA) is 125 Å². The fourth-order valence-corrected chi connectivity index (χ4v) is 4.63. The number of aliphatic carboxylic acids is 1. The molecule has 0 spiro atoms. The van der Waals surface area contributed by atoms with Crippen molar-refractivity contribution < 1.29 is 33.3 Å². The molecule has 0 aliphatic heterocycles. The number of hydrazone groups is 1. The van der Waals surface area contributed by atoms with Gasteiger partial charge in [-0.3, -0.25) is 4.79 Å². The van der Waals surface area contributed by atoms with Crippen molar-refractivity contribution in [2.24, 2.45) is 5.10 Å². The Morgan fingerprint density at radius 3 is 2.45 bits per heavy atom. The SMILES string of the molecule is COc1cc(/C=N/NC(=O)c2ccc(COc3ccc(-n4c(C)ccc4C)cc3)o2)cc(I)c1O[C@H](C)C(=O)O. The maximum absolute atomic E-state index is 12.5. The lowest BCUT2D eigenvalue weighted by molar-refractivity contribution is -0.144. The second-order valence-electron chi connectivity index (χ2n) is 8.83. The first kappa shape index (κ1) is 28.7. The first-order valence-electron chi connectivity index (χ1n) is 12.2. The van der Waals surface area contributed by atoms with Crippen molar-refractivity contribution in [3.63, 3.8) is 0 Å². The summed E-state index contributed by atoms with van der Waals surface area (Å²) < 4.78 is 25.0. The number of benzene rings is 2. The molecule has 2 N–H and O–H groups in total. The molecule has 10 nitrogen and oxygen atoms in total. The molecular weight excluding hydrogens is 629 g/mol. The van der Waals surface area contributed by atoms with E-state index in [1.165, 1.54) is 20.2 Å². The molecule has 0 saturated heterocycles. The van der Waals surface area contributed by atoms with Crippen LogP contribution in [0.25, 0.3) is 5.69 Å². The number of carboxylic acid groups (broad SMARTS) is 1. The van der Waals surface area contributed by atoms with Crippen LogP contribution < -0.4 is 19.6 Å². The number of nitrogens with one attached hydrogen (secondary N) is 1. The number of aromatic nitrogens is 1. The van der Waals surface area contributed by atoms with E-state index in [1.807, 2.05) is 46.9 Å². The third-order valence-electron chi connectivity index (χ3n) is 5.91. The van der Waals surface area contributed by atoms with Crippen LogP contribution in [-0.4, -0.2) is 41.0 Å². The number of nitrogens with zero attached hydrogens (tertiary/aromatic N) is 2. The Bertz CT molecular complexity index is 1520. The minimum atomic E-state index is -1.09. The number of aryl methyl sites for hydroxylation is 2. The van der Waals surface area contributed by atoms with E-state index in [4.69, 9.17) is 23.7 Å². The summed E-state index contributed by atoms with van der Waals surface area (Å²) in [6.07, 6.45) is 0.384. The number of rotatable bonds is 11. The highest BCUT2D eigenvalue weighted by Crippen LogP contribution is 2.34. The zero-order valence-corrected chi connectivity index (χ0v) is 24.5. The maximum Gasteiger partial charge on any atom is 0.344 e. The van der Waals surface area contributed by atoms with Gasteiger partial charge in [-0.15, -0.1) is 0 Å². The molecule has 0 saturated carbocycles. The van der Waals surface area contributed by atoms with Gasteiger partial charge in [0.05, 0.1) is 16.9 Å². The molecule has 0 fully saturated rings. The Hall–Kier alpha value is -4.26. The van der Waals surface area contributed by atoms with Crippen molar-refractivity contribution in [3.05, 3.63) is 92.7 Å². The third-order valence-corrected chi connectivity index (χ3v) is 6.71. The molecule has 2 aromatic carbocycles. The molecule has 0 unspecified atom stereocenters. The van der Waals surface area contributed by atoms with Gasteiger partial charge in [0.15, 0.2) is 23.4 Å². The molecular formula is C29H28IN3O7. The standard InChI is InChI=1S/C29H28IN3O7/c1-17-5-6-18(2)33(17)21-7-9-22(10-8-21)38-16-23-11-12-25(40-23)28(34)32-31-15-20-13-24(30)27(26(14-20)37-4)39-19(3)29(35)36/h5-15,19H,16H2,1-4H3,(H,32,34)(H,35,36)/b31-15+/t19-/m1/s1. The van der Waals surface area contributed by atoms with Crippen LogP contribution in [0.2, 0.25) is 0 Å². The first-order chi connectivity index (χ1) is 19.2. The lowest BCUT2D eigenvalue weighted by atomic mass is 10.2. The smallest absolute Gasteiger partial charge is 0.344 e. The van der Waals surface area contributed by atoms with Gasteiger partial charge in [-0.25, -0.2) is 10.2 Å². The van der Waals surface area contributed by atoms with E-state index in [0.717, 1.165) is 17.1 Å². The predicted octanol–water partition coefficient (Wildman–Crippen LogP) is 5.50. The average Bonchev–Trinajstić information content (AvgIpc) is 3.55. The van der Waals surface area contributed by atoms with E-state index in [2.05, 4.69) is 41.1 Å². The fraction of sp³-hybridized carbons (Fsp3) is 0.207. The Balaban J connectivity index is 1.33. The van der Waals surface area contributed by atoms with Gasteiger partial charge in [-0.2, -0.15) is 5.10 Å². The van der Waals surface area contributed by atoms with Crippen molar-refractivity contribution >= 4 is 40.7 Å². The zero-order chi connectivity index (χ0) is 28.8. The number of halogens is 1. The second kappa shape index (κ2) is 12.7. The van der Waals surface area contributed by atoms with Gasteiger partial charge in [0.25, 0.3) is 0 Å². The molecule has 0 bridgehead atoms. The van der Waals surface area contributed by atoms with Crippen molar-refractivity contribution in [2.45, 2.75) is 33.5 Å². The summed E-state index contributed by atoms with van der Waals surface area (Å²) in [7, 11) is 1.45. The molecule has 4 aromatic rings. The Kier molecular flexibility index (Phi) is 9.15. The van der Waals surface area contributed by atoms with E-state index < -0.39 is 18.0 Å². The summed E-state index contributed by atoms with van der Waals surface area (Å²) in [5.74, 6) is 0.285. The minimum absolute atomic E-state index is 0.0863. The predicted molar refractivity (Wildman–Crippen MR) is 157 cm³/mol. The lowest BCUT2D eigenvalue weighted by Crippen LogP contribution is -2.23. The first-order valence-corrected chi connectivity index (χ1v) is 13.3. The Morgan fingerprint density at radius 1 is 1.10 bits per heavy atom. The number of carboxylic acids is 1. The van der Waals surface area contributed by atoms with Crippen LogP contribution in [0.1, 0.15) is 40.2 Å². The summed E-state index contributed by atoms with van der Waals surface area (Å²) in [6.45, 7) is 5.71. The number of amides is 1. The van der Waals surface area contributed by atoms with Gasteiger partial charge in [-0.1, -0.05) is 0 Å². The minimum Gasteiger partial charge on any atom is -0.493 e. The molecule has 0 radical (unpaired) electrons. The number of carbonyl (C=O) groups is 2. The van der Waals surface area contributed by atoms with Crippen molar-refractivity contribution in [1.82, 2.24) is 9.99 Å². The van der Waals surface area contributed by atoms with Crippen LogP contribution >= 0.6 is 22.6 Å². The van der Waals surface area contributed by atoms with Crippen molar-refractivity contribution in [1.29, 1.82) is 0 Å². The lowest BCUT2D eigenvalue weighted by Gasteiger charge is -2.16. The van der Waals surface area contributed by atoms with Crippen molar-refractivity contribution in [2.75, 3.05) is 7.11 Å². The van der Waals surface area contributed by atoms with E-state index in [9.17, 15) is 9.59 Å². The monoisotopic (exact) mass is 657 g/mol. The van der Waals surface area contributed by atoms with Crippen LogP contribution in [0, 0.1) is 17.4 Å². The molecule has 1 atom stereocenters. The number of methoxy groups -OCH3 is 1. The van der Waals surface area contributed by atoms with Crippen LogP contribution in [-0.2, 0) is 11.4 Å². The molecule has 2 heterocycles. The normalized spacial score (nSPS) is 11.8. The van der Waals surface area contributed by atoms with Gasteiger partial charge in [0.1, 0.15) is 18.1 Å². The molecule has 40 heavy (non-hydrogen) atoms. The fourth-order valence-electron chi connectivity index (χ4n) is 3.88. The number of furan rings is 1. The van der Waals surface area contributed by atoms with Gasteiger partial charge < -0.3 is 28.3 Å². The number of hydrogen-bond acceptors (Lipinski definition) is 7. The van der Waals surface area contributed by atoms with Crippen molar-refractivity contribution in [3.8, 4) is 22.9 Å². The molecule has 0 aliphatic carbocycles. The van der Waals surface area contributed by atoms with Crippen LogP contribution in [0.5, 0.6) is 17.2 Å². The average molecular weight is 657 g/mol. The van der Waals surface area contributed by atoms with E-state index in [1.54, 1.807) is 24.3 Å². The number of hydrogen-bond donors (Lipinski definition) is 2. The largest absolute Gasteiger partial charge is 0.493 e. The third kappa shape index (κ3) is 6.84. The summed E-state index contributed by atoms with van der Waals surface area (Å²) in [6, 6.07) is 18.5. The summed E-state index contributed by atoms with van der Waals surface area (Å²) >= 11 is 2.01. The summed E-state index contributed by atoms with van der Waals surface area (Å²) in [5.41, 5.74) is 6.39. The second-order valence-corrected chi connectivity index (χ2v) is 9.99. The van der Waals surface area contributed by atoms with Crippen LogP contribution in [0.4, 0.5) is 0 Å². The van der Waals surface area contributed by atoms with E-state index in [-0.39, 0.29) is 12.4 Å². The highest BCUT2D eigenvalue weighted by Gasteiger charge is 2.19. The van der Waals surface area contributed by atoms with E-state index >= 15 is 0 Å².